The molecule has 5 atom stereocenters. The van der Waals surface area contributed by atoms with Crippen molar-refractivity contribution in [3.8, 4) is 0 Å². The van der Waals surface area contributed by atoms with Gasteiger partial charge in [-0.25, -0.2) is 0 Å². The Kier molecular flexibility index (Phi) is 4.14. The second-order valence-electron chi connectivity index (χ2n) is 7.79. The number of amides is 1. The molecular weight excluding hydrogens is 288 g/mol. The molecule has 2 saturated carbocycles. The fourth-order valence-electron chi connectivity index (χ4n) is 5.08. The van der Waals surface area contributed by atoms with E-state index in [1.54, 1.807) is 0 Å². The minimum absolute atomic E-state index is 0.0421. The van der Waals surface area contributed by atoms with Crippen LogP contribution in [-0.4, -0.2) is 34.8 Å². The van der Waals surface area contributed by atoms with Gasteiger partial charge in [-0.05, 0) is 36.7 Å². The van der Waals surface area contributed by atoms with Gasteiger partial charge in [0.05, 0.1) is 12.1 Å². The van der Waals surface area contributed by atoms with E-state index in [2.05, 4.69) is 15.7 Å². The van der Waals surface area contributed by atoms with Gasteiger partial charge in [-0.15, -0.1) is 0 Å². The Morgan fingerprint density at radius 1 is 1.26 bits per heavy atom. The van der Waals surface area contributed by atoms with Crippen LogP contribution >= 0.6 is 0 Å². The second kappa shape index (κ2) is 6.27. The molecule has 1 aromatic heterocycles. The first-order valence-electron chi connectivity index (χ1n) is 9.20. The Bertz CT molecular complexity index is 569. The van der Waals surface area contributed by atoms with Crippen molar-refractivity contribution in [3.63, 3.8) is 0 Å². The van der Waals surface area contributed by atoms with E-state index < -0.39 is 0 Å². The molecule has 2 N–H and O–H groups in total. The van der Waals surface area contributed by atoms with E-state index in [4.69, 9.17) is 0 Å². The van der Waals surface area contributed by atoms with Crippen molar-refractivity contribution in [1.82, 2.24) is 20.4 Å². The fraction of sp³-hybridized carbons (Fsp3) is 0.778. The van der Waals surface area contributed by atoms with E-state index in [0.29, 0.717) is 6.04 Å². The van der Waals surface area contributed by atoms with Crippen molar-refractivity contribution >= 4 is 5.91 Å². The number of carbonyl (C=O) groups excluding carboxylic acids is 1. The molecular formula is C18H28N4O. The molecule has 3 unspecified atom stereocenters. The van der Waals surface area contributed by atoms with E-state index in [9.17, 15) is 4.79 Å². The first-order chi connectivity index (χ1) is 11.2. The Balaban J connectivity index is 1.38. The highest BCUT2D eigenvalue weighted by atomic mass is 16.2. The number of nitrogens with one attached hydrogen (secondary N) is 2. The normalized spacial score (nSPS) is 36.8. The number of hydrogen-bond acceptors (Lipinski definition) is 3. The SMILES string of the molecule is Cn1cc([C@H]2CNC[C@@H]2C(=O)NC2CCC3CCCC3C2)cn1. The summed E-state index contributed by atoms with van der Waals surface area (Å²) in [5.41, 5.74) is 1.18. The third kappa shape index (κ3) is 3.03. The molecule has 5 nitrogen and oxygen atoms in total. The predicted octanol–water partition coefficient (Wildman–Crippen LogP) is 1.81. The topological polar surface area (TPSA) is 59.0 Å². The van der Waals surface area contributed by atoms with E-state index >= 15 is 0 Å². The fourth-order valence-corrected chi connectivity index (χ4v) is 5.08. The Morgan fingerprint density at radius 3 is 2.96 bits per heavy atom. The highest BCUT2D eigenvalue weighted by Gasteiger charge is 2.38. The summed E-state index contributed by atoms with van der Waals surface area (Å²) in [5, 5.41) is 11.0. The van der Waals surface area contributed by atoms with Gasteiger partial charge in [0.25, 0.3) is 0 Å². The van der Waals surface area contributed by atoms with Gasteiger partial charge in [0.1, 0.15) is 0 Å². The Morgan fingerprint density at radius 2 is 2.13 bits per heavy atom. The average Bonchev–Trinajstić information content (AvgIpc) is 3.26. The van der Waals surface area contributed by atoms with Gasteiger partial charge < -0.3 is 10.6 Å². The molecule has 126 valence electrons. The van der Waals surface area contributed by atoms with Gasteiger partial charge in [-0.1, -0.05) is 19.3 Å². The molecule has 0 aromatic carbocycles. The van der Waals surface area contributed by atoms with Gasteiger partial charge in [0, 0.05) is 38.3 Å². The molecule has 1 aromatic rings. The van der Waals surface area contributed by atoms with Crippen molar-refractivity contribution in [2.75, 3.05) is 13.1 Å². The smallest absolute Gasteiger partial charge is 0.225 e. The van der Waals surface area contributed by atoms with Crippen molar-refractivity contribution in [2.24, 2.45) is 24.8 Å². The van der Waals surface area contributed by atoms with Crippen LogP contribution in [0.1, 0.15) is 50.0 Å². The summed E-state index contributed by atoms with van der Waals surface area (Å²) in [4.78, 5) is 12.8. The maximum absolute atomic E-state index is 12.8. The lowest BCUT2D eigenvalue weighted by atomic mass is 9.79. The first kappa shape index (κ1) is 15.2. The maximum atomic E-state index is 12.8. The highest BCUT2D eigenvalue weighted by molar-refractivity contribution is 5.80. The van der Waals surface area contributed by atoms with E-state index in [-0.39, 0.29) is 17.7 Å². The third-order valence-electron chi connectivity index (χ3n) is 6.34. The summed E-state index contributed by atoms with van der Waals surface area (Å²) in [6.45, 7) is 1.66. The van der Waals surface area contributed by atoms with Crippen molar-refractivity contribution in [1.29, 1.82) is 0 Å². The van der Waals surface area contributed by atoms with Crippen LogP contribution in [0, 0.1) is 17.8 Å². The molecule has 3 fully saturated rings. The van der Waals surface area contributed by atoms with E-state index in [0.717, 1.165) is 24.9 Å². The summed E-state index contributed by atoms with van der Waals surface area (Å²) in [5.74, 6) is 2.35. The van der Waals surface area contributed by atoms with Crippen LogP contribution in [0.4, 0.5) is 0 Å². The molecule has 0 bridgehead atoms. The van der Waals surface area contributed by atoms with Crippen molar-refractivity contribution < 1.29 is 4.79 Å². The number of hydrogen-bond donors (Lipinski definition) is 2. The number of rotatable bonds is 3. The van der Waals surface area contributed by atoms with Crippen molar-refractivity contribution in [2.45, 2.75) is 50.5 Å². The standard InChI is InChI=1S/C18H28N4O/c1-22-11-14(8-20-22)16-9-19-10-17(16)18(23)21-15-6-5-12-3-2-4-13(12)7-15/h8,11-13,15-17,19H,2-7,9-10H2,1H3,(H,21,23)/t12?,13?,15?,16-,17+/m1/s1. The number of carbonyl (C=O) groups is 1. The number of nitrogens with zero attached hydrogens (tertiary/aromatic N) is 2. The van der Waals surface area contributed by atoms with Gasteiger partial charge >= 0.3 is 0 Å². The first-order valence-corrected chi connectivity index (χ1v) is 9.20. The van der Waals surface area contributed by atoms with E-state index in [1.165, 1.54) is 44.1 Å². The molecule has 1 saturated heterocycles. The number of fused-ring (bicyclic) bond motifs is 1. The zero-order valence-electron chi connectivity index (χ0n) is 14.0. The van der Waals surface area contributed by atoms with Crippen LogP contribution < -0.4 is 10.6 Å². The Hall–Kier alpha value is -1.36. The van der Waals surface area contributed by atoms with Crippen LogP contribution in [0.3, 0.4) is 0 Å². The zero-order valence-corrected chi connectivity index (χ0v) is 14.0. The molecule has 4 rings (SSSR count). The van der Waals surface area contributed by atoms with Gasteiger partial charge in [0.15, 0.2) is 0 Å². The van der Waals surface area contributed by atoms with Gasteiger partial charge in [0.2, 0.25) is 5.91 Å². The molecule has 0 radical (unpaired) electrons. The Labute approximate surface area is 138 Å². The lowest BCUT2D eigenvalue weighted by molar-refractivity contribution is -0.125. The molecule has 3 aliphatic rings. The molecule has 2 heterocycles. The highest BCUT2D eigenvalue weighted by Crippen LogP contribution is 2.42. The lowest BCUT2D eigenvalue weighted by Crippen LogP contribution is -2.44. The molecule has 5 heteroatoms. The maximum Gasteiger partial charge on any atom is 0.225 e. The summed E-state index contributed by atoms with van der Waals surface area (Å²) in [6.07, 6.45) is 11.8. The van der Waals surface area contributed by atoms with Crippen LogP contribution in [0.2, 0.25) is 0 Å². The third-order valence-corrected chi connectivity index (χ3v) is 6.34. The van der Waals surface area contributed by atoms with Crippen LogP contribution in [-0.2, 0) is 11.8 Å². The quantitative estimate of drug-likeness (QED) is 0.894. The lowest BCUT2D eigenvalue weighted by Gasteiger charge is -2.33. The predicted molar refractivity (Wildman–Crippen MR) is 88.9 cm³/mol. The molecule has 23 heavy (non-hydrogen) atoms. The molecule has 1 aliphatic heterocycles. The summed E-state index contributed by atoms with van der Waals surface area (Å²) in [6, 6.07) is 0.400. The van der Waals surface area contributed by atoms with Gasteiger partial charge in [-0.2, -0.15) is 5.10 Å². The van der Waals surface area contributed by atoms with Crippen LogP contribution in [0.25, 0.3) is 0 Å². The van der Waals surface area contributed by atoms with Crippen molar-refractivity contribution in [3.05, 3.63) is 18.0 Å². The van der Waals surface area contributed by atoms with Crippen LogP contribution in [0.15, 0.2) is 12.4 Å². The largest absolute Gasteiger partial charge is 0.353 e. The molecule has 0 spiro atoms. The summed E-state index contributed by atoms with van der Waals surface area (Å²) < 4.78 is 1.82. The minimum Gasteiger partial charge on any atom is -0.353 e. The van der Waals surface area contributed by atoms with Crippen LogP contribution in [0.5, 0.6) is 0 Å². The monoisotopic (exact) mass is 316 g/mol. The summed E-state index contributed by atoms with van der Waals surface area (Å²) in [7, 11) is 1.93. The zero-order chi connectivity index (χ0) is 15.8. The minimum atomic E-state index is 0.0421. The van der Waals surface area contributed by atoms with E-state index in [1.807, 2.05) is 24.1 Å². The molecule has 1 amide bonds. The summed E-state index contributed by atoms with van der Waals surface area (Å²) >= 11 is 0. The average molecular weight is 316 g/mol. The van der Waals surface area contributed by atoms with Gasteiger partial charge in [-0.3, -0.25) is 9.48 Å². The number of aromatic nitrogens is 2. The number of aryl methyl sites for hydroxylation is 1. The second-order valence-corrected chi connectivity index (χ2v) is 7.79. The molecule has 2 aliphatic carbocycles.